The zero-order chi connectivity index (χ0) is 16.9. The van der Waals surface area contributed by atoms with E-state index in [1.54, 1.807) is 30.3 Å². The zero-order valence-corrected chi connectivity index (χ0v) is 13.5. The highest BCUT2D eigenvalue weighted by atomic mass is 16.4. The molecule has 0 saturated heterocycles. The van der Waals surface area contributed by atoms with Gasteiger partial charge in [-0.15, -0.1) is 0 Å². The molecule has 122 valence electrons. The fourth-order valence-corrected chi connectivity index (χ4v) is 2.55. The second-order valence-corrected chi connectivity index (χ2v) is 5.74. The minimum Gasteiger partial charge on any atom is -0.421 e. The van der Waals surface area contributed by atoms with Crippen molar-refractivity contribution in [3.63, 3.8) is 0 Å². The first kappa shape index (κ1) is 16.0. The van der Waals surface area contributed by atoms with Crippen molar-refractivity contribution in [2.75, 3.05) is 5.32 Å². The molecule has 0 radical (unpaired) electrons. The molecule has 1 N–H and O–H groups in total. The molecule has 0 spiro atoms. The Morgan fingerprint density at radius 3 is 2.58 bits per heavy atom. The topological polar surface area (TPSA) is 59.3 Å². The van der Waals surface area contributed by atoms with Gasteiger partial charge in [0.2, 0.25) is 0 Å². The Bertz CT molecular complexity index is 910. The molecule has 1 aromatic heterocycles. The highest BCUT2D eigenvalue weighted by Crippen LogP contribution is 2.16. The molecular formula is C20H19NO3. The van der Waals surface area contributed by atoms with Crippen molar-refractivity contribution >= 4 is 22.6 Å². The van der Waals surface area contributed by atoms with Crippen molar-refractivity contribution in [3.8, 4) is 0 Å². The van der Waals surface area contributed by atoms with Gasteiger partial charge in [0.05, 0.1) is 0 Å². The minimum atomic E-state index is -0.554. The molecule has 0 fully saturated rings. The molecule has 4 nitrogen and oxygen atoms in total. The summed E-state index contributed by atoms with van der Waals surface area (Å²) in [5.74, 6) is -0.320. The molecule has 4 heteroatoms. The van der Waals surface area contributed by atoms with E-state index in [0.29, 0.717) is 11.1 Å². The van der Waals surface area contributed by atoms with Gasteiger partial charge in [-0.3, -0.25) is 4.79 Å². The van der Waals surface area contributed by atoms with E-state index in [4.69, 9.17) is 4.42 Å². The summed E-state index contributed by atoms with van der Waals surface area (Å²) in [4.78, 5) is 24.3. The van der Waals surface area contributed by atoms with Crippen molar-refractivity contribution in [3.05, 3.63) is 76.1 Å². The first-order valence-electron chi connectivity index (χ1n) is 8.10. The summed E-state index contributed by atoms with van der Waals surface area (Å²) in [6, 6.07) is 16.3. The number of hydrogen-bond donors (Lipinski definition) is 1. The smallest absolute Gasteiger partial charge is 0.360 e. The predicted molar refractivity (Wildman–Crippen MR) is 95.5 cm³/mol. The van der Waals surface area contributed by atoms with Gasteiger partial charge in [0.25, 0.3) is 5.91 Å². The van der Waals surface area contributed by atoms with Crippen LogP contribution in [0.3, 0.4) is 0 Å². The van der Waals surface area contributed by atoms with Gasteiger partial charge >= 0.3 is 5.63 Å². The van der Waals surface area contributed by atoms with Gasteiger partial charge < -0.3 is 9.73 Å². The summed E-state index contributed by atoms with van der Waals surface area (Å²) in [7, 11) is 0. The Hall–Kier alpha value is -2.88. The highest BCUT2D eigenvalue weighted by molar-refractivity contribution is 6.04. The van der Waals surface area contributed by atoms with Crippen LogP contribution in [0.1, 0.15) is 35.7 Å². The number of fused-ring (bicyclic) bond motifs is 1. The van der Waals surface area contributed by atoms with Crippen LogP contribution < -0.4 is 10.9 Å². The van der Waals surface area contributed by atoms with Gasteiger partial charge in [-0.05, 0) is 42.7 Å². The first-order valence-corrected chi connectivity index (χ1v) is 8.10. The van der Waals surface area contributed by atoms with Crippen LogP contribution in [-0.2, 0) is 6.42 Å². The lowest BCUT2D eigenvalue weighted by Crippen LogP contribution is -2.17. The molecule has 0 aliphatic heterocycles. The number of unbranched alkanes of at least 4 members (excludes halogenated alkanes) is 1. The lowest BCUT2D eigenvalue weighted by Gasteiger charge is -2.06. The van der Waals surface area contributed by atoms with E-state index in [1.807, 2.05) is 24.3 Å². The van der Waals surface area contributed by atoms with E-state index in [0.717, 1.165) is 24.6 Å². The number of anilines is 1. The molecular weight excluding hydrogens is 302 g/mol. The van der Waals surface area contributed by atoms with Gasteiger partial charge in [0.15, 0.2) is 0 Å². The van der Waals surface area contributed by atoms with Crippen molar-refractivity contribution < 1.29 is 9.21 Å². The van der Waals surface area contributed by atoms with Gasteiger partial charge in [0.1, 0.15) is 11.3 Å². The van der Waals surface area contributed by atoms with Crippen LogP contribution in [0.4, 0.5) is 5.69 Å². The van der Waals surface area contributed by atoms with Crippen LogP contribution >= 0.6 is 0 Å². The molecule has 3 aromatic rings. The highest BCUT2D eigenvalue weighted by Gasteiger charge is 2.11. The summed E-state index contributed by atoms with van der Waals surface area (Å²) in [6.45, 7) is 2.15. The van der Waals surface area contributed by atoms with Gasteiger partial charge in [0, 0.05) is 10.9 Å². The molecule has 0 aliphatic carbocycles. The molecule has 3 rings (SSSR count). The molecule has 0 atom stereocenters. The number of benzene rings is 2. The van der Waals surface area contributed by atoms with Crippen molar-refractivity contribution in [2.45, 2.75) is 26.2 Å². The van der Waals surface area contributed by atoms with E-state index in [1.165, 1.54) is 5.56 Å². The third-order valence-electron chi connectivity index (χ3n) is 3.92. The third-order valence-corrected chi connectivity index (χ3v) is 3.92. The lowest BCUT2D eigenvalue weighted by atomic mass is 10.1. The molecule has 24 heavy (non-hydrogen) atoms. The molecule has 2 aromatic carbocycles. The fourth-order valence-electron chi connectivity index (χ4n) is 2.55. The van der Waals surface area contributed by atoms with Gasteiger partial charge in [-0.25, -0.2) is 4.79 Å². The summed E-state index contributed by atoms with van der Waals surface area (Å²) in [6.07, 6.45) is 3.27. The molecule has 1 heterocycles. The Kier molecular flexibility index (Phi) is 4.75. The number of rotatable bonds is 5. The SMILES string of the molecule is CCCCc1ccc(C(=O)Nc2cc3ccccc3oc2=O)cc1. The largest absolute Gasteiger partial charge is 0.421 e. The standard InChI is InChI=1S/C20H19NO3/c1-2-3-6-14-9-11-15(12-10-14)19(22)21-17-13-16-7-4-5-8-18(16)24-20(17)23/h4-5,7-13H,2-3,6H2,1H3,(H,21,22). The third kappa shape index (κ3) is 3.54. The average Bonchev–Trinajstić information content (AvgIpc) is 2.61. The van der Waals surface area contributed by atoms with Crippen molar-refractivity contribution in [2.24, 2.45) is 0 Å². The van der Waals surface area contributed by atoms with Crippen molar-refractivity contribution in [1.82, 2.24) is 0 Å². The second kappa shape index (κ2) is 7.13. The molecule has 1 amide bonds. The predicted octanol–water partition coefficient (Wildman–Crippen LogP) is 4.39. The van der Waals surface area contributed by atoms with Crippen LogP contribution in [-0.4, -0.2) is 5.91 Å². The van der Waals surface area contributed by atoms with E-state index in [2.05, 4.69) is 12.2 Å². The van der Waals surface area contributed by atoms with Gasteiger partial charge in [-0.2, -0.15) is 0 Å². The van der Waals surface area contributed by atoms with E-state index in [-0.39, 0.29) is 11.6 Å². The number of amides is 1. The second-order valence-electron chi connectivity index (χ2n) is 5.74. The quantitative estimate of drug-likeness (QED) is 0.709. The maximum absolute atomic E-state index is 12.3. The first-order chi connectivity index (χ1) is 11.7. The van der Waals surface area contributed by atoms with Crippen LogP contribution in [0.2, 0.25) is 0 Å². The Morgan fingerprint density at radius 2 is 1.83 bits per heavy atom. The number of aryl methyl sites for hydroxylation is 1. The minimum absolute atomic E-state index is 0.147. The number of hydrogen-bond acceptors (Lipinski definition) is 3. The summed E-state index contributed by atoms with van der Waals surface area (Å²) in [5, 5.41) is 3.40. The summed E-state index contributed by atoms with van der Waals surface area (Å²) < 4.78 is 5.22. The number of carbonyl (C=O) groups excluding carboxylic acids is 1. The number of para-hydroxylation sites is 1. The molecule has 0 saturated carbocycles. The Morgan fingerprint density at radius 1 is 1.08 bits per heavy atom. The molecule has 0 unspecified atom stereocenters. The Balaban J connectivity index is 1.79. The number of carbonyl (C=O) groups is 1. The van der Waals surface area contributed by atoms with Crippen LogP contribution in [0, 0.1) is 0 Å². The maximum Gasteiger partial charge on any atom is 0.360 e. The molecule has 0 aliphatic rings. The Labute approximate surface area is 140 Å². The summed E-state index contributed by atoms with van der Waals surface area (Å²) >= 11 is 0. The zero-order valence-electron chi connectivity index (χ0n) is 13.5. The van der Waals surface area contributed by atoms with E-state index >= 15 is 0 Å². The van der Waals surface area contributed by atoms with Crippen LogP contribution in [0.25, 0.3) is 11.0 Å². The van der Waals surface area contributed by atoms with E-state index < -0.39 is 5.63 Å². The van der Waals surface area contributed by atoms with Crippen molar-refractivity contribution in [1.29, 1.82) is 0 Å². The molecule has 0 bridgehead atoms. The average molecular weight is 321 g/mol. The van der Waals surface area contributed by atoms with Crippen LogP contribution in [0.15, 0.2) is 63.8 Å². The number of nitrogens with one attached hydrogen (secondary N) is 1. The maximum atomic E-state index is 12.3. The van der Waals surface area contributed by atoms with E-state index in [9.17, 15) is 9.59 Å². The summed E-state index contributed by atoms with van der Waals surface area (Å²) in [5.41, 5.74) is 1.82. The fraction of sp³-hybridized carbons (Fsp3) is 0.200. The normalized spacial score (nSPS) is 10.7. The van der Waals surface area contributed by atoms with Crippen LogP contribution in [0.5, 0.6) is 0 Å². The lowest BCUT2D eigenvalue weighted by molar-refractivity contribution is 0.102. The monoisotopic (exact) mass is 321 g/mol. The van der Waals surface area contributed by atoms with Gasteiger partial charge in [-0.1, -0.05) is 43.7 Å².